The van der Waals surface area contributed by atoms with Crippen molar-refractivity contribution >= 4 is 11.9 Å². The van der Waals surface area contributed by atoms with Crippen LogP contribution < -0.4 is 0 Å². The van der Waals surface area contributed by atoms with Gasteiger partial charge in [0.15, 0.2) is 5.78 Å². The molecular weight excluding hydrogens is 426 g/mol. The van der Waals surface area contributed by atoms with Crippen molar-refractivity contribution < 1.29 is 6.22 Å². The third-order valence-corrected chi connectivity index (χ3v) is 7.32. The highest BCUT2D eigenvalue weighted by molar-refractivity contribution is 6.02. The van der Waals surface area contributed by atoms with Crippen molar-refractivity contribution in [2.24, 2.45) is 0 Å². The third-order valence-electron chi connectivity index (χ3n) is 7.32. The van der Waals surface area contributed by atoms with E-state index in [4.69, 9.17) is 0 Å². The van der Waals surface area contributed by atoms with Gasteiger partial charge < -0.3 is 0 Å². The molecular formula is C33H37NO. The Hall–Kier alpha value is -3.44. The SMILES string of the molecule is CC.N#Cc1ccccc1CC1C(=O)C=Cc2ccc(Cc3ccc(C4CCCCC4)cc3)cc21.[HH]. The molecule has 0 saturated heterocycles. The molecule has 2 nitrogen and oxygen atoms in total. The van der Waals surface area contributed by atoms with Gasteiger partial charge >= 0.3 is 0 Å². The van der Waals surface area contributed by atoms with Crippen molar-refractivity contribution in [1.29, 1.82) is 5.26 Å². The smallest absolute Gasteiger partial charge is 0.163 e. The molecule has 1 fully saturated rings. The van der Waals surface area contributed by atoms with Crippen LogP contribution in [-0.4, -0.2) is 5.78 Å². The summed E-state index contributed by atoms with van der Waals surface area (Å²) in [7, 11) is 0. The first-order valence-electron chi connectivity index (χ1n) is 13.1. The van der Waals surface area contributed by atoms with Gasteiger partial charge in [0.1, 0.15) is 0 Å². The minimum Gasteiger partial charge on any atom is -0.294 e. The number of benzene rings is 3. The Morgan fingerprint density at radius 1 is 0.886 bits per heavy atom. The van der Waals surface area contributed by atoms with Crippen LogP contribution in [0, 0.1) is 11.3 Å². The molecule has 0 heterocycles. The fourth-order valence-electron chi connectivity index (χ4n) is 5.45. The Balaban J connectivity index is 0.00000117. The quantitative estimate of drug-likeness (QED) is 0.381. The van der Waals surface area contributed by atoms with Crippen LogP contribution in [0.2, 0.25) is 0 Å². The van der Waals surface area contributed by atoms with E-state index in [1.165, 1.54) is 48.8 Å². The van der Waals surface area contributed by atoms with E-state index in [1.54, 1.807) is 6.08 Å². The van der Waals surface area contributed by atoms with Crippen LogP contribution in [0.25, 0.3) is 6.08 Å². The zero-order chi connectivity index (χ0) is 24.6. The lowest BCUT2D eigenvalue weighted by molar-refractivity contribution is -0.116. The molecule has 3 aromatic rings. The molecule has 0 bridgehead atoms. The molecule has 2 aliphatic carbocycles. The molecule has 1 saturated carbocycles. The van der Waals surface area contributed by atoms with Crippen LogP contribution in [0.3, 0.4) is 0 Å². The zero-order valence-corrected chi connectivity index (χ0v) is 21.0. The molecule has 0 radical (unpaired) electrons. The van der Waals surface area contributed by atoms with Crippen LogP contribution >= 0.6 is 0 Å². The summed E-state index contributed by atoms with van der Waals surface area (Å²) in [6, 6.07) is 25.5. The standard InChI is InChI=1S/C31H29NO.C2H6.H2/c32-21-28-9-5-4-8-27(28)20-30-29-19-23(12-15-26(29)16-17-31(30)33)18-22-10-13-25(14-11-22)24-6-2-1-3-7-24;1-2;/h4-5,8-17,19,24,30H,1-3,6-7,18,20H2;1-2H3;1H. The predicted molar refractivity (Wildman–Crippen MR) is 147 cm³/mol. The molecule has 0 spiro atoms. The van der Waals surface area contributed by atoms with E-state index in [9.17, 15) is 10.1 Å². The highest BCUT2D eigenvalue weighted by Crippen LogP contribution is 2.34. The summed E-state index contributed by atoms with van der Waals surface area (Å²) in [5, 5.41) is 9.47. The van der Waals surface area contributed by atoms with Gasteiger partial charge in [0.25, 0.3) is 0 Å². The number of allylic oxidation sites excluding steroid dienone is 1. The minimum absolute atomic E-state index is 0. The lowest BCUT2D eigenvalue weighted by atomic mass is 9.80. The summed E-state index contributed by atoms with van der Waals surface area (Å²) in [6.07, 6.45) is 11.8. The average Bonchev–Trinajstić information content (AvgIpc) is 2.93. The molecule has 0 aromatic heterocycles. The summed E-state index contributed by atoms with van der Waals surface area (Å²) in [4.78, 5) is 12.8. The number of carbonyl (C=O) groups excluding carboxylic acids is 1. The number of nitrogens with zero attached hydrogens (tertiary/aromatic N) is 1. The van der Waals surface area contributed by atoms with E-state index in [1.807, 2.05) is 44.2 Å². The van der Waals surface area contributed by atoms with Crippen molar-refractivity contribution in [2.75, 3.05) is 0 Å². The first-order valence-corrected chi connectivity index (χ1v) is 13.1. The van der Waals surface area contributed by atoms with Gasteiger partial charge in [0.05, 0.1) is 17.6 Å². The number of carbonyl (C=O) groups is 1. The molecule has 3 aromatic carbocycles. The Labute approximate surface area is 211 Å². The van der Waals surface area contributed by atoms with E-state index in [2.05, 4.69) is 48.5 Å². The van der Waals surface area contributed by atoms with Gasteiger partial charge in [-0.1, -0.05) is 99.8 Å². The van der Waals surface area contributed by atoms with Crippen molar-refractivity contribution in [3.05, 3.63) is 112 Å². The van der Waals surface area contributed by atoms with Crippen molar-refractivity contribution in [3.8, 4) is 6.07 Å². The first-order chi connectivity index (χ1) is 17.2. The third kappa shape index (κ3) is 5.80. The van der Waals surface area contributed by atoms with Gasteiger partial charge in [-0.3, -0.25) is 4.79 Å². The maximum absolute atomic E-state index is 12.8. The number of nitriles is 1. The largest absolute Gasteiger partial charge is 0.294 e. The molecule has 0 amide bonds. The monoisotopic (exact) mass is 463 g/mol. The predicted octanol–water partition coefficient (Wildman–Crippen LogP) is 8.39. The summed E-state index contributed by atoms with van der Waals surface area (Å²) in [5.41, 5.74) is 7.77. The van der Waals surface area contributed by atoms with Crippen LogP contribution in [-0.2, 0) is 17.6 Å². The topological polar surface area (TPSA) is 40.9 Å². The number of hydrogen-bond donors (Lipinski definition) is 0. The molecule has 180 valence electrons. The molecule has 0 aliphatic heterocycles. The summed E-state index contributed by atoms with van der Waals surface area (Å²) in [5.74, 6) is 0.601. The Morgan fingerprint density at radius 3 is 2.34 bits per heavy atom. The van der Waals surface area contributed by atoms with E-state index in [-0.39, 0.29) is 13.1 Å². The lowest BCUT2D eigenvalue weighted by Crippen LogP contribution is -2.18. The second-order valence-corrected chi connectivity index (χ2v) is 9.48. The minimum atomic E-state index is -0.242. The van der Waals surface area contributed by atoms with E-state index in [0.717, 1.165) is 29.0 Å². The lowest BCUT2D eigenvalue weighted by Gasteiger charge is -2.23. The Morgan fingerprint density at radius 2 is 1.60 bits per heavy atom. The number of ketones is 1. The van der Waals surface area contributed by atoms with Gasteiger partial charge in [-0.15, -0.1) is 0 Å². The summed E-state index contributed by atoms with van der Waals surface area (Å²) < 4.78 is 0. The van der Waals surface area contributed by atoms with Crippen LogP contribution in [0.1, 0.15) is 98.2 Å². The van der Waals surface area contributed by atoms with Gasteiger partial charge in [0.2, 0.25) is 0 Å². The number of fused-ring (bicyclic) bond motifs is 1. The molecule has 35 heavy (non-hydrogen) atoms. The van der Waals surface area contributed by atoms with Crippen LogP contribution in [0.5, 0.6) is 0 Å². The second kappa shape index (κ2) is 11.8. The first kappa shape index (κ1) is 24.7. The summed E-state index contributed by atoms with van der Waals surface area (Å²) >= 11 is 0. The van der Waals surface area contributed by atoms with Gasteiger partial charge in [-0.2, -0.15) is 5.26 Å². The molecule has 2 aliphatic rings. The highest BCUT2D eigenvalue weighted by Gasteiger charge is 2.26. The van der Waals surface area contributed by atoms with Gasteiger partial charge in [-0.25, -0.2) is 0 Å². The van der Waals surface area contributed by atoms with Gasteiger partial charge in [-0.05, 0) is 77.1 Å². The Kier molecular flexibility index (Phi) is 8.32. The second-order valence-electron chi connectivity index (χ2n) is 9.48. The van der Waals surface area contributed by atoms with Crippen LogP contribution in [0.15, 0.2) is 72.8 Å². The fourth-order valence-corrected chi connectivity index (χ4v) is 5.45. The van der Waals surface area contributed by atoms with Crippen molar-refractivity contribution in [3.63, 3.8) is 0 Å². The van der Waals surface area contributed by atoms with Crippen molar-refractivity contribution in [1.82, 2.24) is 0 Å². The number of rotatable bonds is 5. The molecule has 1 unspecified atom stereocenters. The zero-order valence-electron chi connectivity index (χ0n) is 21.0. The highest BCUT2D eigenvalue weighted by atomic mass is 16.1. The molecule has 2 heteroatoms. The van der Waals surface area contributed by atoms with Crippen LogP contribution in [0.4, 0.5) is 0 Å². The maximum Gasteiger partial charge on any atom is 0.163 e. The van der Waals surface area contributed by atoms with E-state index in [0.29, 0.717) is 12.0 Å². The normalized spacial score (nSPS) is 17.2. The number of hydrogen-bond acceptors (Lipinski definition) is 2. The molecule has 5 rings (SSSR count). The maximum atomic E-state index is 12.8. The van der Waals surface area contributed by atoms with Gasteiger partial charge in [0, 0.05) is 1.43 Å². The van der Waals surface area contributed by atoms with E-state index < -0.39 is 0 Å². The summed E-state index contributed by atoms with van der Waals surface area (Å²) in [6.45, 7) is 4.00. The van der Waals surface area contributed by atoms with Crippen molar-refractivity contribution in [2.45, 2.75) is 70.6 Å². The molecule has 1 atom stereocenters. The Bertz CT molecular complexity index is 1230. The van der Waals surface area contributed by atoms with E-state index >= 15 is 0 Å². The fraction of sp³-hybridized carbons (Fsp3) is 0.333. The molecule has 0 N–H and O–H groups in total. The average molecular weight is 464 g/mol.